The van der Waals surface area contributed by atoms with Crippen LogP contribution in [0.15, 0.2) is 28.2 Å². The first kappa shape index (κ1) is 12.0. The van der Waals surface area contributed by atoms with Crippen molar-refractivity contribution in [3.05, 3.63) is 34.3 Å². The second-order valence-corrected chi connectivity index (χ2v) is 4.22. The molecule has 82 valence electrons. The Balaban J connectivity index is 2.58. The molecule has 0 radical (unpaired) electrons. The summed E-state index contributed by atoms with van der Waals surface area (Å²) < 4.78 is 0. The van der Waals surface area contributed by atoms with E-state index in [0.29, 0.717) is 5.16 Å². The van der Waals surface area contributed by atoms with Crippen LogP contribution in [0.1, 0.15) is 5.69 Å². The van der Waals surface area contributed by atoms with Gasteiger partial charge in [-0.3, -0.25) is 4.79 Å². The topological polar surface area (TPSA) is 57.8 Å². The highest BCUT2D eigenvalue weighted by atomic mass is 32.2. The van der Waals surface area contributed by atoms with Crippen LogP contribution in [0.2, 0.25) is 0 Å². The molecule has 0 aromatic carbocycles. The average Bonchev–Trinajstić information content (AvgIpc) is 2.14. The van der Waals surface area contributed by atoms with Crippen molar-refractivity contribution in [1.29, 1.82) is 0 Å². The molecule has 5 heteroatoms. The molecule has 0 amide bonds. The van der Waals surface area contributed by atoms with E-state index in [4.69, 9.17) is 0 Å². The smallest absolute Gasteiger partial charge is 0.251 e. The van der Waals surface area contributed by atoms with E-state index in [1.807, 2.05) is 14.0 Å². The van der Waals surface area contributed by atoms with Crippen molar-refractivity contribution in [3.63, 3.8) is 0 Å². The third-order valence-electron chi connectivity index (χ3n) is 1.69. The van der Waals surface area contributed by atoms with Gasteiger partial charge in [-0.25, -0.2) is 4.98 Å². The predicted octanol–water partition coefficient (Wildman–Crippen LogP) is 0.946. The maximum absolute atomic E-state index is 11.1. The number of aryl methyl sites for hydroxylation is 1. The zero-order chi connectivity index (χ0) is 11.3. The van der Waals surface area contributed by atoms with Crippen molar-refractivity contribution in [2.75, 3.05) is 19.3 Å². The summed E-state index contributed by atoms with van der Waals surface area (Å²) in [5, 5.41) is 3.67. The van der Waals surface area contributed by atoms with Gasteiger partial charge in [0.05, 0.1) is 0 Å². The minimum absolute atomic E-state index is 0.107. The fraction of sp³-hybridized carbons (Fsp3) is 0.400. The van der Waals surface area contributed by atoms with Crippen LogP contribution in [0.3, 0.4) is 0 Å². The Morgan fingerprint density at radius 1 is 1.73 bits per heavy atom. The van der Waals surface area contributed by atoms with Crippen LogP contribution in [0.4, 0.5) is 0 Å². The molecule has 0 saturated carbocycles. The molecule has 0 aliphatic heterocycles. The fourth-order valence-electron chi connectivity index (χ4n) is 1.09. The lowest BCUT2D eigenvalue weighted by atomic mass is 10.3. The fourth-order valence-corrected chi connectivity index (χ4v) is 1.92. The van der Waals surface area contributed by atoms with Gasteiger partial charge in [0.15, 0.2) is 5.16 Å². The second kappa shape index (κ2) is 5.72. The van der Waals surface area contributed by atoms with E-state index in [1.165, 1.54) is 17.8 Å². The highest BCUT2D eigenvalue weighted by Gasteiger charge is 2.00. The van der Waals surface area contributed by atoms with Gasteiger partial charge in [0.25, 0.3) is 5.56 Å². The largest absolute Gasteiger partial charge is 0.316 e. The van der Waals surface area contributed by atoms with Gasteiger partial charge in [-0.2, -0.15) is 0 Å². The molecular formula is C10H15N3OS. The van der Waals surface area contributed by atoms with Gasteiger partial charge in [-0.1, -0.05) is 23.9 Å². The summed E-state index contributed by atoms with van der Waals surface area (Å²) in [6.07, 6.45) is 0. The van der Waals surface area contributed by atoms with Crippen molar-refractivity contribution >= 4 is 11.8 Å². The van der Waals surface area contributed by atoms with Crippen molar-refractivity contribution in [1.82, 2.24) is 15.3 Å². The molecular weight excluding hydrogens is 210 g/mol. The molecule has 4 nitrogen and oxygen atoms in total. The Bertz CT molecular complexity index is 400. The Morgan fingerprint density at radius 2 is 2.47 bits per heavy atom. The first-order valence-electron chi connectivity index (χ1n) is 4.64. The number of likely N-dealkylation sites (N-methyl/N-ethyl adjacent to an activating group) is 1. The van der Waals surface area contributed by atoms with Gasteiger partial charge in [-0.15, -0.1) is 0 Å². The minimum atomic E-state index is -0.107. The molecule has 0 unspecified atom stereocenters. The predicted molar refractivity (Wildman–Crippen MR) is 63.4 cm³/mol. The van der Waals surface area contributed by atoms with E-state index in [2.05, 4.69) is 21.9 Å². The molecule has 1 heterocycles. The third-order valence-corrected chi connectivity index (χ3v) is 2.71. The summed E-state index contributed by atoms with van der Waals surface area (Å²) in [6.45, 7) is 6.49. The first-order valence-corrected chi connectivity index (χ1v) is 5.62. The van der Waals surface area contributed by atoms with Gasteiger partial charge in [0.1, 0.15) is 0 Å². The Kier molecular flexibility index (Phi) is 4.58. The quantitative estimate of drug-likeness (QED) is 0.445. The van der Waals surface area contributed by atoms with Crippen molar-refractivity contribution in [2.45, 2.75) is 12.1 Å². The number of hydrogen-bond acceptors (Lipinski definition) is 4. The van der Waals surface area contributed by atoms with Gasteiger partial charge >= 0.3 is 0 Å². The van der Waals surface area contributed by atoms with Crippen molar-refractivity contribution in [2.24, 2.45) is 0 Å². The van der Waals surface area contributed by atoms with E-state index in [1.54, 1.807) is 0 Å². The lowest BCUT2D eigenvalue weighted by Crippen LogP contribution is -2.12. The number of nitrogens with one attached hydrogen (secondary N) is 2. The summed E-state index contributed by atoms with van der Waals surface area (Å²) in [4.78, 5) is 18.0. The Labute approximate surface area is 93.2 Å². The molecule has 0 spiro atoms. The van der Waals surface area contributed by atoms with E-state index in [9.17, 15) is 4.79 Å². The van der Waals surface area contributed by atoms with E-state index in [-0.39, 0.29) is 5.56 Å². The van der Waals surface area contributed by atoms with Crippen LogP contribution in [0, 0.1) is 6.92 Å². The molecule has 0 fully saturated rings. The zero-order valence-corrected chi connectivity index (χ0v) is 9.78. The van der Waals surface area contributed by atoms with E-state index >= 15 is 0 Å². The molecule has 0 atom stereocenters. The Hall–Kier alpha value is -1.07. The maximum atomic E-state index is 11.1. The monoisotopic (exact) mass is 225 g/mol. The molecule has 0 bridgehead atoms. The van der Waals surface area contributed by atoms with Crippen LogP contribution in [0.25, 0.3) is 0 Å². The Morgan fingerprint density at radius 3 is 3.07 bits per heavy atom. The van der Waals surface area contributed by atoms with Crippen molar-refractivity contribution < 1.29 is 0 Å². The van der Waals surface area contributed by atoms with Crippen LogP contribution in [0.5, 0.6) is 0 Å². The summed E-state index contributed by atoms with van der Waals surface area (Å²) in [7, 11) is 1.88. The molecule has 1 rings (SSSR count). The van der Waals surface area contributed by atoms with Gasteiger partial charge in [-0.05, 0) is 14.0 Å². The van der Waals surface area contributed by atoms with Crippen LogP contribution in [-0.2, 0) is 0 Å². The van der Waals surface area contributed by atoms with Crippen LogP contribution >= 0.6 is 11.8 Å². The lowest BCUT2D eigenvalue weighted by molar-refractivity contribution is 0.880. The molecule has 0 aliphatic rings. The molecule has 0 saturated heterocycles. The molecule has 1 aromatic rings. The summed E-state index contributed by atoms with van der Waals surface area (Å²) >= 11 is 1.49. The minimum Gasteiger partial charge on any atom is -0.316 e. The van der Waals surface area contributed by atoms with Crippen LogP contribution in [-0.4, -0.2) is 29.3 Å². The van der Waals surface area contributed by atoms with Crippen LogP contribution < -0.4 is 10.9 Å². The lowest BCUT2D eigenvalue weighted by Gasteiger charge is -2.04. The van der Waals surface area contributed by atoms with Gasteiger partial charge in [0, 0.05) is 24.1 Å². The molecule has 0 aliphatic carbocycles. The summed E-state index contributed by atoms with van der Waals surface area (Å²) in [5.74, 6) is 0.757. The standard InChI is InChI=1S/C10H15N3OS/c1-7(5-11-3)6-15-10-12-8(2)4-9(14)13-10/h4,11H,1,5-6H2,2-3H3,(H,12,13,14). The molecule has 1 aromatic heterocycles. The number of aromatic nitrogens is 2. The van der Waals surface area contributed by atoms with Gasteiger partial charge in [0.2, 0.25) is 0 Å². The number of rotatable bonds is 5. The molecule has 15 heavy (non-hydrogen) atoms. The number of hydrogen-bond donors (Lipinski definition) is 2. The SMILES string of the molecule is C=C(CNC)CSc1nc(C)cc(=O)[nH]1. The van der Waals surface area contributed by atoms with E-state index in [0.717, 1.165) is 23.6 Å². The zero-order valence-electron chi connectivity index (χ0n) is 8.96. The number of H-pyrrole nitrogens is 1. The highest BCUT2D eigenvalue weighted by Crippen LogP contribution is 2.13. The number of thioether (sulfide) groups is 1. The van der Waals surface area contributed by atoms with E-state index < -0.39 is 0 Å². The maximum Gasteiger partial charge on any atom is 0.251 e. The highest BCUT2D eigenvalue weighted by molar-refractivity contribution is 7.99. The average molecular weight is 225 g/mol. The third kappa shape index (κ3) is 4.31. The summed E-state index contributed by atoms with van der Waals surface area (Å²) in [6, 6.07) is 1.48. The number of aromatic amines is 1. The first-order chi connectivity index (χ1) is 7.11. The second-order valence-electron chi connectivity index (χ2n) is 3.26. The van der Waals surface area contributed by atoms with Crippen molar-refractivity contribution in [3.8, 4) is 0 Å². The number of nitrogens with zero attached hydrogens (tertiary/aromatic N) is 1. The summed E-state index contributed by atoms with van der Waals surface area (Å²) in [5.41, 5.74) is 1.70. The normalized spacial score (nSPS) is 10.3. The van der Waals surface area contributed by atoms with Gasteiger partial charge < -0.3 is 10.3 Å². The molecule has 2 N–H and O–H groups in total.